The van der Waals surface area contributed by atoms with E-state index < -0.39 is 17.8 Å². The molecule has 3 aromatic rings. The molecule has 172 valence electrons. The van der Waals surface area contributed by atoms with Crippen LogP contribution in [0.1, 0.15) is 38.2 Å². The van der Waals surface area contributed by atoms with E-state index in [9.17, 15) is 14.0 Å². The fourth-order valence-electron chi connectivity index (χ4n) is 4.04. The first-order valence-corrected chi connectivity index (χ1v) is 11.1. The van der Waals surface area contributed by atoms with Crippen LogP contribution in [0.2, 0.25) is 0 Å². The topological polar surface area (TPSA) is 93.0 Å². The van der Waals surface area contributed by atoms with Gasteiger partial charge in [0.15, 0.2) is 0 Å². The molecule has 0 saturated heterocycles. The van der Waals surface area contributed by atoms with Gasteiger partial charge in [-0.25, -0.2) is 4.39 Å². The van der Waals surface area contributed by atoms with Crippen LogP contribution in [0, 0.1) is 12.7 Å². The molecule has 1 fully saturated rings. The average Bonchev–Trinajstić information content (AvgIpc) is 3.47. The number of aryl methyl sites for hydroxylation is 1. The van der Waals surface area contributed by atoms with Gasteiger partial charge in [0.2, 0.25) is 11.7 Å². The number of hydrogen-bond acceptors (Lipinski definition) is 5. The number of halogens is 1. The van der Waals surface area contributed by atoms with Crippen molar-refractivity contribution in [2.24, 2.45) is 0 Å². The second-order valence-corrected chi connectivity index (χ2v) is 8.42. The molecule has 33 heavy (non-hydrogen) atoms. The number of nitrogens with zero attached hydrogens (tertiary/aromatic N) is 5. The lowest BCUT2D eigenvalue weighted by molar-refractivity contribution is -0.127. The van der Waals surface area contributed by atoms with Crippen LogP contribution in [0.3, 0.4) is 0 Å². The fourth-order valence-corrected chi connectivity index (χ4v) is 4.04. The second-order valence-electron chi connectivity index (χ2n) is 8.42. The van der Waals surface area contributed by atoms with Crippen molar-refractivity contribution in [3.05, 3.63) is 59.9 Å². The molecule has 1 aliphatic carbocycles. The van der Waals surface area contributed by atoms with Crippen molar-refractivity contribution < 1.29 is 14.0 Å². The first-order valence-electron chi connectivity index (χ1n) is 11.1. The Hall–Kier alpha value is -3.62. The summed E-state index contributed by atoms with van der Waals surface area (Å²) in [7, 11) is 0. The standard InChI is InChI=1S/C24H27FN6O2/c1-16-10-12-18(13-11-16)23-27-29-30(28-23)15-22(32)31(21-9-5-6-19(25)14-21)17(2)24(33)26-20-7-3-4-8-20/h5-6,9-14,17,20H,3-4,7-8,15H2,1-2H3,(H,26,33)/t17-/m0/s1. The normalized spacial score (nSPS) is 14.8. The number of hydrogen-bond donors (Lipinski definition) is 1. The van der Waals surface area contributed by atoms with E-state index in [-0.39, 0.29) is 18.5 Å². The van der Waals surface area contributed by atoms with Gasteiger partial charge in [0.1, 0.15) is 18.4 Å². The number of tetrazole rings is 1. The SMILES string of the molecule is Cc1ccc(-c2nnn(CC(=O)N(c3cccc(F)c3)[C@@H](C)C(=O)NC3CCCC3)n2)cc1. The van der Waals surface area contributed by atoms with Gasteiger partial charge in [-0.05, 0) is 50.1 Å². The van der Waals surface area contributed by atoms with Gasteiger partial charge >= 0.3 is 0 Å². The Morgan fingerprint density at radius 2 is 1.91 bits per heavy atom. The predicted molar refractivity (Wildman–Crippen MR) is 122 cm³/mol. The Kier molecular flexibility index (Phi) is 6.76. The van der Waals surface area contributed by atoms with Crippen LogP contribution in [-0.4, -0.2) is 44.1 Å². The summed E-state index contributed by atoms with van der Waals surface area (Å²) < 4.78 is 14.0. The summed E-state index contributed by atoms with van der Waals surface area (Å²) in [5.41, 5.74) is 2.19. The fraction of sp³-hybridized carbons (Fsp3) is 0.375. The Bertz CT molecular complexity index is 1120. The lowest BCUT2D eigenvalue weighted by Crippen LogP contribution is -2.51. The van der Waals surface area contributed by atoms with Gasteiger partial charge in [0.05, 0.1) is 0 Å². The van der Waals surface area contributed by atoms with Gasteiger partial charge < -0.3 is 5.32 Å². The highest BCUT2D eigenvalue weighted by Crippen LogP contribution is 2.22. The molecule has 2 amide bonds. The zero-order valence-electron chi connectivity index (χ0n) is 18.7. The molecule has 0 aliphatic heterocycles. The van der Waals surface area contributed by atoms with Crippen LogP contribution >= 0.6 is 0 Å². The van der Waals surface area contributed by atoms with Crippen LogP contribution in [-0.2, 0) is 16.1 Å². The molecule has 1 saturated carbocycles. The van der Waals surface area contributed by atoms with Crippen molar-refractivity contribution in [2.45, 2.75) is 58.2 Å². The highest BCUT2D eigenvalue weighted by atomic mass is 19.1. The maximum absolute atomic E-state index is 14.0. The average molecular weight is 451 g/mol. The number of rotatable bonds is 7. The van der Waals surface area contributed by atoms with Crippen molar-refractivity contribution in [3.63, 3.8) is 0 Å². The minimum atomic E-state index is -0.833. The summed E-state index contributed by atoms with van der Waals surface area (Å²) in [6, 6.07) is 12.6. The zero-order chi connectivity index (χ0) is 23.4. The van der Waals surface area contributed by atoms with Gasteiger partial charge in [0.25, 0.3) is 5.91 Å². The van der Waals surface area contributed by atoms with Gasteiger partial charge in [-0.1, -0.05) is 48.7 Å². The lowest BCUT2D eigenvalue weighted by atomic mass is 10.1. The summed E-state index contributed by atoms with van der Waals surface area (Å²) in [6.45, 7) is 3.38. The molecular formula is C24H27FN6O2. The molecule has 1 aliphatic rings. The highest BCUT2D eigenvalue weighted by Gasteiger charge is 2.30. The third kappa shape index (κ3) is 5.42. The number of aromatic nitrogens is 4. The van der Waals surface area contributed by atoms with Crippen molar-refractivity contribution in [2.75, 3.05) is 4.90 Å². The van der Waals surface area contributed by atoms with Crippen LogP contribution < -0.4 is 10.2 Å². The van der Waals surface area contributed by atoms with Gasteiger partial charge in [0, 0.05) is 17.3 Å². The summed E-state index contributed by atoms with van der Waals surface area (Å²) in [5.74, 6) is -0.810. The van der Waals surface area contributed by atoms with Crippen molar-refractivity contribution in [1.29, 1.82) is 0 Å². The minimum absolute atomic E-state index is 0.110. The number of amides is 2. The second kappa shape index (κ2) is 9.89. The van der Waals surface area contributed by atoms with E-state index in [0.717, 1.165) is 36.8 Å². The lowest BCUT2D eigenvalue weighted by Gasteiger charge is -2.29. The molecule has 9 heteroatoms. The van der Waals surface area contributed by atoms with Crippen LogP contribution in [0.15, 0.2) is 48.5 Å². The third-order valence-corrected chi connectivity index (χ3v) is 5.86. The summed E-state index contributed by atoms with van der Waals surface area (Å²) in [4.78, 5) is 28.7. The Labute approximate surface area is 191 Å². The van der Waals surface area contributed by atoms with E-state index in [4.69, 9.17) is 0 Å². The molecule has 2 aromatic carbocycles. The molecule has 4 rings (SSSR count). The number of carbonyl (C=O) groups is 2. The van der Waals surface area contributed by atoms with E-state index in [2.05, 4.69) is 20.7 Å². The number of nitrogens with one attached hydrogen (secondary N) is 1. The first kappa shape index (κ1) is 22.6. The molecule has 1 atom stereocenters. The summed E-state index contributed by atoms with van der Waals surface area (Å²) in [5, 5.41) is 15.3. The monoisotopic (exact) mass is 450 g/mol. The molecule has 0 radical (unpaired) electrons. The molecule has 0 bridgehead atoms. The Balaban J connectivity index is 1.54. The van der Waals surface area contributed by atoms with Crippen molar-refractivity contribution >= 4 is 17.5 Å². The summed E-state index contributed by atoms with van der Waals surface area (Å²) in [6.07, 6.45) is 4.01. The number of carbonyl (C=O) groups excluding carboxylic acids is 2. The molecule has 1 aromatic heterocycles. The van der Waals surface area contributed by atoms with E-state index in [1.54, 1.807) is 13.0 Å². The molecule has 0 unspecified atom stereocenters. The minimum Gasteiger partial charge on any atom is -0.352 e. The largest absolute Gasteiger partial charge is 0.352 e. The summed E-state index contributed by atoms with van der Waals surface area (Å²) >= 11 is 0. The molecule has 8 nitrogen and oxygen atoms in total. The molecular weight excluding hydrogens is 423 g/mol. The first-order chi connectivity index (χ1) is 15.9. The molecule has 0 spiro atoms. The smallest absolute Gasteiger partial charge is 0.251 e. The molecule has 1 N–H and O–H groups in total. The highest BCUT2D eigenvalue weighted by molar-refractivity contribution is 6.00. The van der Waals surface area contributed by atoms with Crippen molar-refractivity contribution in [1.82, 2.24) is 25.5 Å². The maximum Gasteiger partial charge on any atom is 0.251 e. The van der Waals surface area contributed by atoms with E-state index in [1.807, 2.05) is 31.2 Å². The predicted octanol–water partition coefficient (Wildman–Crippen LogP) is 3.27. The Morgan fingerprint density at radius 3 is 2.61 bits per heavy atom. The third-order valence-electron chi connectivity index (χ3n) is 5.86. The van der Waals surface area contributed by atoms with Gasteiger partial charge in [-0.3, -0.25) is 14.5 Å². The van der Waals surface area contributed by atoms with Crippen LogP contribution in [0.4, 0.5) is 10.1 Å². The zero-order valence-corrected chi connectivity index (χ0v) is 18.7. The van der Waals surface area contributed by atoms with Crippen LogP contribution in [0.5, 0.6) is 0 Å². The van der Waals surface area contributed by atoms with E-state index in [1.165, 1.54) is 27.9 Å². The number of anilines is 1. The van der Waals surface area contributed by atoms with Crippen LogP contribution in [0.25, 0.3) is 11.4 Å². The molecule has 1 heterocycles. The van der Waals surface area contributed by atoms with Gasteiger partial charge in [-0.15, -0.1) is 10.2 Å². The van der Waals surface area contributed by atoms with Gasteiger partial charge in [-0.2, -0.15) is 4.80 Å². The van der Waals surface area contributed by atoms with E-state index in [0.29, 0.717) is 11.5 Å². The Morgan fingerprint density at radius 1 is 1.18 bits per heavy atom. The number of benzene rings is 2. The maximum atomic E-state index is 14.0. The van der Waals surface area contributed by atoms with E-state index >= 15 is 0 Å². The quantitative estimate of drug-likeness (QED) is 0.596. The van der Waals surface area contributed by atoms with Crippen molar-refractivity contribution in [3.8, 4) is 11.4 Å².